The van der Waals surface area contributed by atoms with Gasteiger partial charge in [0.2, 0.25) is 0 Å². The van der Waals surface area contributed by atoms with Crippen LogP contribution in [-0.2, 0) is 0 Å². The van der Waals surface area contributed by atoms with Gasteiger partial charge in [-0.2, -0.15) is 0 Å². The summed E-state index contributed by atoms with van der Waals surface area (Å²) < 4.78 is 1.27. The molecule has 0 radical (unpaired) electrons. The van der Waals surface area contributed by atoms with Crippen LogP contribution in [0.1, 0.15) is 71.4 Å². The van der Waals surface area contributed by atoms with Crippen molar-refractivity contribution in [3.8, 4) is 0 Å². The third kappa shape index (κ3) is 2.98. The second-order valence-electron chi connectivity index (χ2n) is 6.69. The molecule has 0 fully saturated rings. The van der Waals surface area contributed by atoms with Gasteiger partial charge in [0.25, 0.3) is 11.8 Å². The SMILES string of the molecule is CC(C)c1cc(SN2C(=O)c3ccccc3C2=O)cc(C(C)C)c1. The molecule has 2 amide bonds. The molecule has 0 aromatic heterocycles. The first-order valence-corrected chi connectivity index (χ1v) is 8.96. The fraction of sp³-hybridized carbons (Fsp3) is 0.300. The van der Waals surface area contributed by atoms with Crippen LogP contribution in [0, 0.1) is 0 Å². The third-order valence-corrected chi connectivity index (χ3v) is 5.20. The molecule has 0 unspecified atom stereocenters. The average molecular weight is 339 g/mol. The molecule has 0 bridgehead atoms. The molecular formula is C20H21NO2S. The maximum atomic E-state index is 12.5. The second kappa shape index (κ2) is 6.44. The molecule has 24 heavy (non-hydrogen) atoms. The number of hydrogen-bond acceptors (Lipinski definition) is 3. The molecule has 3 nitrogen and oxygen atoms in total. The molecule has 1 aliphatic heterocycles. The first-order chi connectivity index (χ1) is 11.4. The van der Waals surface area contributed by atoms with Gasteiger partial charge in [0.1, 0.15) is 0 Å². The number of benzene rings is 2. The molecular weight excluding hydrogens is 318 g/mol. The lowest BCUT2D eigenvalue weighted by molar-refractivity contribution is 0.0777. The van der Waals surface area contributed by atoms with E-state index in [0.29, 0.717) is 23.0 Å². The summed E-state index contributed by atoms with van der Waals surface area (Å²) in [6, 6.07) is 13.3. The van der Waals surface area contributed by atoms with Gasteiger partial charge in [-0.05, 0) is 59.2 Å². The summed E-state index contributed by atoms with van der Waals surface area (Å²) in [5.41, 5.74) is 3.42. The first-order valence-electron chi connectivity index (χ1n) is 8.19. The van der Waals surface area contributed by atoms with E-state index in [1.807, 2.05) is 0 Å². The van der Waals surface area contributed by atoms with Gasteiger partial charge in [-0.25, -0.2) is 4.31 Å². The van der Waals surface area contributed by atoms with Gasteiger partial charge >= 0.3 is 0 Å². The largest absolute Gasteiger partial charge is 0.272 e. The van der Waals surface area contributed by atoms with Crippen molar-refractivity contribution in [2.24, 2.45) is 0 Å². The van der Waals surface area contributed by atoms with E-state index in [9.17, 15) is 9.59 Å². The Balaban J connectivity index is 1.95. The number of nitrogens with zero attached hydrogens (tertiary/aromatic N) is 1. The molecule has 4 heteroatoms. The Morgan fingerprint density at radius 2 is 1.25 bits per heavy atom. The summed E-state index contributed by atoms with van der Waals surface area (Å²) in [7, 11) is 0. The Morgan fingerprint density at radius 3 is 1.67 bits per heavy atom. The van der Waals surface area contributed by atoms with Crippen LogP contribution in [0.4, 0.5) is 0 Å². The van der Waals surface area contributed by atoms with Crippen molar-refractivity contribution in [1.29, 1.82) is 0 Å². The minimum atomic E-state index is -0.235. The van der Waals surface area contributed by atoms with E-state index in [2.05, 4.69) is 45.9 Å². The van der Waals surface area contributed by atoms with E-state index in [1.165, 1.54) is 27.4 Å². The number of fused-ring (bicyclic) bond motifs is 1. The highest BCUT2D eigenvalue weighted by molar-refractivity contribution is 7.98. The summed E-state index contributed by atoms with van der Waals surface area (Å²) in [4.78, 5) is 26.0. The molecule has 1 aliphatic rings. The molecule has 3 rings (SSSR count). The van der Waals surface area contributed by atoms with E-state index in [1.54, 1.807) is 24.3 Å². The molecule has 0 aliphatic carbocycles. The highest BCUT2D eigenvalue weighted by atomic mass is 32.2. The van der Waals surface area contributed by atoms with Crippen LogP contribution < -0.4 is 0 Å². The Hall–Kier alpha value is -2.07. The minimum Gasteiger partial charge on any atom is -0.268 e. The molecule has 0 saturated heterocycles. The predicted octanol–water partition coefficient (Wildman–Crippen LogP) is 5.24. The number of carbonyl (C=O) groups is 2. The van der Waals surface area contributed by atoms with Gasteiger partial charge in [0.05, 0.1) is 11.1 Å². The van der Waals surface area contributed by atoms with Gasteiger partial charge < -0.3 is 0 Å². The highest BCUT2D eigenvalue weighted by Crippen LogP contribution is 2.35. The van der Waals surface area contributed by atoms with E-state index in [0.717, 1.165) is 4.90 Å². The molecule has 124 valence electrons. The number of amides is 2. The van der Waals surface area contributed by atoms with Crippen LogP contribution in [0.3, 0.4) is 0 Å². The van der Waals surface area contributed by atoms with Crippen molar-refractivity contribution >= 4 is 23.8 Å². The van der Waals surface area contributed by atoms with E-state index in [-0.39, 0.29) is 11.8 Å². The van der Waals surface area contributed by atoms with Gasteiger partial charge in [-0.1, -0.05) is 45.9 Å². The standard InChI is InChI=1S/C20H21NO2S/c1-12(2)14-9-15(13(3)4)11-16(10-14)24-21-19(22)17-7-5-6-8-18(17)20(21)23/h5-13H,1-4H3. The molecule has 0 spiro atoms. The zero-order chi connectivity index (χ0) is 17.4. The number of carbonyl (C=O) groups excluding carboxylic acids is 2. The monoisotopic (exact) mass is 339 g/mol. The van der Waals surface area contributed by atoms with Crippen molar-refractivity contribution in [2.45, 2.75) is 44.4 Å². The quantitative estimate of drug-likeness (QED) is 0.565. The van der Waals surface area contributed by atoms with Crippen molar-refractivity contribution in [3.05, 3.63) is 64.7 Å². The highest BCUT2D eigenvalue weighted by Gasteiger charge is 2.36. The molecule has 2 aromatic rings. The molecule has 0 atom stereocenters. The Bertz CT molecular complexity index is 750. The summed E-state index contributed by atoms with van der Waals surface area (Å²) in [6.45, 7) is 8.59. The van der Waals surface area contributed by atoms with Crippen LogP contribution in [-0.4, -0.2) is 16.1 Å². The van der Waals surface area contributed by atoms with Crippen molar-refractivity contribution in [2.75, 3.05) is 0 Å². The van der Waals surface area contributed by atoms with Crippen LogP contribution in [0.2, 0.25) is 0 Å². The Kier molecular flexibility index (Phi) is 4.50. The lowest BCUT2D eigenvalue weighted by Crippen LogP contribution is -2.22. The van der Waals surface area contributed by atoms with Gasteiger partial charge in [-0.3, -0.25) is 9.59 Å². The summed E-state index contributed by atoms with van der Waals surface area (Å²) in [5, 5.41) is 0. The number of rotatable bonds is 4. The molecule has 0 saturated carbocycles. The minimum absolute atomic E-state index is 0.235. The smallest absolute Gasteiger partial charge is 0.268 e. The molecule has 0 N–H and O–H groups in total. The zero-order valence-electron chi connectivity index (χ0n) is 14.4. The molecule has 2 aromatic carbocycles. The number of hydrogen-bond donors (Lipinski definition) is 0. The first kappa shape index (κ1) is 16.8. The van der Waals surface area contributed by atoms with Gasteiger partial charge in [-0.15, -0.1) is 0 Å². The fourth-order valence-electron chi connectivity index (χ4n) is 2.72. The maximum absolute atomic E-state index is 12.5. The van der Waals surface area contributed by atoms with E-state index < -0.39 is 0 Å². The maximum Gasteiger partial charge on any atom is 0.272 e. The average Bonchev–Trinajstić information content (AvgIpc) is 2.80. The zero-order valence-corrected chi connectivity index (χ0v) is 15.2. The predicted molar refractivity (Wildman–Crippen MR) is 97.4 cm³/mol. The van der Waals surface area contributed by atoms with Gasteiger partial charge in [0.15, 0.2) is 0 Å². The summed E-state index contributed by atoms with van der Waals surface area (Å²) in [6.07, 6.45) is 0. The molecule has 1 heterocycles. The van der Waals surface area contributed by atoms with Crippen molar-refractivity contribution < 1.29 is 9.59 Å². The summed E-state index contributed by atoms with van der Waals surface area (Å²) in [5.74, 6) is 0.318. The fourth-order valence-corrected chi connectivity index (χ4v) is 3.67. The second-order valence-corrected chi connectivity index (χ2v) is 7.71. The van der Waals surface area contributed by atoms with Crippen LogP contribution in [0.15, 0.2) is 47.4 Å². The number of imide groups is 1. The Morgan fingerprint density at radius 1 is 0.792 bits per heavy atom. The van der Waals surface area contributed by atoms with Crippen LogP contribution in [0.25, 0.3) is 0 Å². The summed E-state index contributed by atoms with van der Waals surface area (Å²) >= 11 is 1.22. The van der Waals surface area contributed by atoms with Crippen molar-refractivity contribution in [1.82, 2.24) is 4.31 Å². The van der Waals surface area contributed by atoms with E-state index >= 15 is 0 Å². The normalized spacial score (nSPS) is 14.0. The van der Waals surface area contributed by atoms with Crippen molar-refractivity contribution in [3.63, 3.8) is 0 Å². The Labute approximate surface area is 147 Å². The topological polar surface area (TPSA) is 37.4 Å². The van der Waals surface area contributed by atoms with Crippen LogP contribution in [0.5, 0.6) is 0 Å². The van der Waals surface area contributed by atoms with Crippen LogP contribution >= 0.6 is 11.9 Å². The lowest BCUT2D eigenvalue weighted by Gasteiger charge is -2.17. The third-order valence-electron chi connectivity index (χ3n) is 4.24. The van der Waals surface area contributed by atoms with E-state index in [4.69, 9.17) is 0 Å². The van der Waals surface area contributed by atoms with Gasteiger partial charge in [0, 0.05) is 4.90 Å². The lowest BCUT2D eigenvalue weighted by atomic mass is 9.96.